The van der Waals surface area contributed by atoms with E-state index in [1.807, 2.05) is 0 Å². The van der Waals surface area contributed by atoms with Gasteiger partial charge in [-0.05, 0) is 91.3 Å². The molecular formula is C29H48O2. The Morgan fingerprint density at radius 3 is 2.61 bits per heavy atom. The summed E-state index contributed by atoms with van der Waals surface area (Å²) in [6.45, 7) is 14.1. The molecule has 0 aromatic rings. The number of esters is 1. The lowest BCUT2D eigenvalue weighted by Gasteiger charge is -2.58. The fraction of sp³-hybridized carbons (Fsp3) is 0.897. The Morgan fingerprint density at radius 2 is 1.90 bits per heavy atom. The standard InChI is InChI=1S/C29H48O2/c1-19(2)8-7-9-20(3)25-12-13-26-24-11-10-22-18-23(31-21(4)30)14-16-28(22,5)27(24)15-17-29(25,26)6/h10,19-20,23-27H,7-9,11-18H2,1-6H3/t20-,23?,24+,25-,26+,27+,28+,29-/m1/s1/i23+2. The molecule has 0 N–H and O–H groups in total. The van der Waals surface area contributed by atoms with E-state index in [0.29, 0.717) is 10.8 Å². The van der Waals surface area contributed by atoms with Crippen LogP contribution in [-0.4, -0.2) is 12.1 Å². The van der Waals surface area contributed by atoms with Crippen LogP contribution in [0.15, 0.2) is 11.6 Å². The second-order valence-electron chi connectivity index (χ2n) is 12.8. The Kier molecular flexibility index (Phi) is 6.68. The molecule has 2 nitrogen and oxygen atoms in total. The Morgan fingerprint density at radius 1 is 1.13 bits per heavy atom. The summed E-state index contributed by atoms with van der Waals surface area (Å²) in [7, 11) is 0. The molecule has 1 unspecified atom stereocenters. The highest BCUT2D eigenvalue weighted by atomic mass is 16.7. The van der Waals surface area contributed by atoms with Gasteiger partial charge in [-0.3, -0.25) is 4.79 Å². The van der Waals surface area contributed by atoms with E-state index in [4.69, 9.17) is 4.74 Å². The maximum absolute atomic E-state index is 11.5. The van der Waals surface area contributed by atoms with E-state index in [9.17, 15) is 4.79 Å². The number of hydrogen-bond acceptors (Lipinski definition) is 2. The highest BCUT2D eigenvalue weighted by Gasteiger charge is 2.59. The van der Waals surface area contributed by atoms with Crippen molar-refractivity contribution in [3.05, 3.63) is 11.6 Å². The summed E-state index contributed by atoms with van der Waals surface area (Å²) in [5, 5.41) is 0. The minimum Gasteiger partial charge on any atom is -0.462 e. The molecule has 0 aromatic carbocycles. The maximum atomic E-state index is 11.5. The molecule has 3 saturated carbocycles. The van der Waals surface area contributed by atoms with E-state index in [0.717, 1.165) is 48.3 Å². The summed E-state index contributed by atoms with van der Waals surface area (Å²) in [6.07, 6.45) is 17.2. The summed E-state index contributed by atoms with van der Waals surface area (Å²) in [6, 6.07) is 0. The number of fused-ring (bicyclic) bond motifs is 5. The van der Waals surface area contributed by atoms with Crippen molar-refractivity contribution in [2.45, 2.75) is 118 Å². The molecule has 176 valence electrons. The SMILES string of the molecule is CC(=O)O[14CH]1CC[C@@]2(C)C(=CC[C@H]3[C@@H]4CC[C@H]([C@H](C)CCCC(C)C)[C@@]4(C)CC[C@@H]32)C1. The summed E-state index contributed by atoms with van der Waals surface area (Å²) >= 11 is 0. The van der Waals surface area contributed by atoms with Crippen molar-refractivity contribution in [3.63, 3.8) is 0 Å². The minimum atomic E-state index is -0.115. The zero-order chi connectivity index (χ0) is 22.4. The van der Waals surface area contributed by atoms with E-state index in [1.165, 1.54) is 57.8 Å². The molecule has 0 bridgehead atoms. The molecule has 0 heterocycles. The molecule has 0 amide bonds. The molecule has 2 heteroatoms. The number of rotatable bonds is 6. The van der Waals surface area contributed by atoms with Crippen molar-refractivity contribution in [1.29, 1.82) is 0 Å². The van der Waals surface area contributed by atoms with Gasteiger partial charge in [0.15, 0.2) is 0 Å². The Hall–Kier alpha value is -0.790. The van der Waals surface area contributed by atoms with Gasteiger partial charge in [-0.1, -0.05) is 65.5 Å². The fourth-order valence-corrected chi connectivity index (χ4v) is 8.99. The van der Waals surface area contributed by atoms with E-state index < -0.39 is 0 Å². The predicted octanol–water partition coefficient (Wildman–Crippen LogP) is 7.96. The van der Waals surface area contributed by atoms with Crippen LogP contribution in [0.4, 0.5) is 0 Å². The molecule has 4 aliphatic carbocycles. The van der Waals surface area contributed by atoms with Crippen molar-refractivity contribution in [1.82, 2.24) is 0 Å². The van der Waals surface area contributed by atoms with Crippen LogP contribution in [0.3, 0.4) is 0 Å². The fourth-order valence-electron chi connectivity index (χ4n) is 8.99. The number of carbonyl (C=O) groups excluding carboxylic acids is 1. The number of ether oxygens (including phenoxy) is 1. The average Bonchev–Trinajstić information content (AvgIpc) is 3.05. The van der Waals surface area contributed by atoms with Crippen LogP contribution in [0.5, 0.6) is 0 Å². The number of allylic oxidation sites excluding steroid dienone is 1. The van der Waals surface area contributed by atoms with Crippen LogP contribution in [-0.2, 0) is 9.53 Å². The monoisotopic (exact) mass is 430 g/mol. The van der Waals surface area contributed by atoms with Crippen LogP contribution in [0, 0.1) is 46.3 Å². The predicted molar refractivity (Wildman–Crippen MR) is 129 cm³/mol. The van der Waals surface area contributed by atoms with Crippen molar-refractivity contribution in [2.24, 2.45) is 46.3 Å². The summed E-state index contributed by atoms with van der Waals surface area (Å²) < 4.78 is 5.61. The lowest BCUT2D eigenvalue weighted by molar-refractivity contribution is -0.148. The molecule has 0 aliphatic heterocycles. The van der Waals surface area contributed by atoms with Crippen molar-refractivity contribution >= 4 is 5.97 Å². The molecule has 31 heavy (non-hydrogen) atoms. The van der Waals surface area contributed by atoms with E-state index in [2.05, 4.69) is 40.7 Å². The minimum absolute atomic E-state index is 0.115. The van der Waals surface area contributed by atoms with Crippen LogP contribution >= 0.6 is 0 Å². The summed E-state index contributed by atoms with van der Waals surface area (Å²) in [5.74, 6) is 5.19. The van der Waals surface area contributed by atoms with Gasteiger partial charge in [-0.25, -0.2) is 0 Å². The quantitative estimate of drug-likeness (QED) is 0.315. The molecule has 8 atom stereocenters. The van der Waals surface area contributed by atoms with E-state index >= 15 is 0 Å². The zero-order valence-electron chi connectivity index (χ0n) is 21.2. The van der Waals surface area contributed by atoms with Crippen LogP contribution in [0.2, 0.25) is 0 Å². The first-order valence-electron chi connectivity index (χ1n) is 13.5. The first kappa shape index (κ1) is 23.4. The van der Waals surface area contributed by atoms with Crippen LogP contribution in [0.25, 0.3) is 0 Å². The number of carbonyl (C=O) groups is 1. The molecule has 0 aromatic heterocycles. The Bertz CT molecular complexity index is 693. The lowest BCUT2D eigenvalue weighted by atomic mass is 9.48. The first-order valence-corrected chi connectivity index (χ1v) is 13.5. The summed E-state index contributed by atoms with van der Waals surface area (Å²) in [5.41, 5.74) is 2.53. The molecule has 0 spiro atoms. The smallest absolute Gasteiger partial charge is 0.302 e. The van der Waals surface area contributed by atoms with Gasteiger partial charge in [0.2, 0.25) is 0 Å². The Labute approximate surface area is 192 Å². The highest BCUT2D eigenvalue weighted by molar-refractivity contribution is 5.66. The van der Waals surface area contributed by atoms with Gasteiger partial charge < -0.3 is 4.74 Å². The Balaban J connectivity index is 1.47. The van der Waals surface area contributed by atoms with E-state index in [1.54, 1.807) is 12.5 Å². The maximum Gasteiger partial charge on any atom is 0.302 e. The molecule has 3 fully saturated rings. The van der Waals surface area contributed by atoms with Gasteiger partial charge in [0, 0.05) is 13.3 Å². The average molecular weight is 431 g/mol. The van der Waals surface area contributed by atoms with Crippen LogP contribution < -0.4 is 0 Å². The van der Waals surface area contributed by atoms with Gasteiger partial charge >= 0.3 is 5.97 Å². The third kappa shape index (κ3) is 4.26. The lowest BCUT2D eigenvalue weighted by Crippen LogP contribution is -2.51. The van der Waals surface area contributed by atoms with Gasteiger partial charge in [0.1, 0.15) is 6.10 Å². The summed E-state index contributed by atoms with van der Waals surface area (Å²) in [4.78, 5) is 11.5. The first-order chi connectivity index (χ1) is 14.6. The van der Waals surface area contributed by atoms with E-state index in [-0.39, 0.29) is 12.1 Å². The third-order valence-electron chi connectivity index (χ3n) is 10.6. The van der Waals surface area contributed by atoms with Gasteiger partial charge in [0.25, 0.3) is 0 Å². The molecule has 4 rings (SSSR count). The van der Waals surface area contributed by atoms with Crippen molar-refractivity contribution in [2.75, 3.05) is 0 Å². The molecule has 0 saturated heterocycles. The van der Waals surface area contributed by atoms with Gasteiger partial charge in [-0.2, -0.15) is 0 Å². The second-order valence-corrected chi connectivity index (χ2v) is 12.8. The molecule has 4 aliphatic rings. The second kappa shape index (κ2) is 8.86. The largest absolute Gasteiger partial charge is 0.462 e. The van der Waals surface area contributed by atoms with Gasteiger partial charge in [-0.15, -0.1) is 0 Å². The number of hydrogen-bond donors (Lipinski definition) is 0. The highest BCUT2D eigenvalue weighted by Crippen LogP contribution is 2.67. The zero-order valence-corrected chi connectivity index (χ0v) is 21.2. The third-order valence-corrected chi connectivity index (χ3v) is 10.6. The molecule has 0 radical (unpaired) electrons. The molecular weight excluding hydrogens is 382 g/mol. The van der Waals surface area contributed by atoms with Crippen LogP contribution in [0.1, 0.15) is 112 Å². The van der Waals surface area contributed by atoms with Crippen molar-refractivity contribution < 1.29 is 9.53 Å². The topological polar surface area (TPSA) is 26.3 Å². The normalized spacial score (nSPS) is 42.9. The van der Waals surface area contributed by atoms with Gasteiger partial charge in [0.05, 0.1) is 0 Å². The van der Waals surface area contributed by atoms with Crippen molar-refractivity contribution in [3.8, 4) is 0 Å².